The third kappa shape index (κ3) is 4.87. The van der Waals surface area contributed by atoms with E-state index >= 15 is 0 Å². The summed E-state index contributed by atoms with van der Waals surface area (Å²) in [6.45, 7) is 6.34. The van der Waals surface area contributed by atoms with Crippen LogP contribution < -0.4 is 5.43 Å². The Kier molecular flexibility index (Phi) is 7.38. The summed E-state index contributed by atoms with van der Waals surface area (Å²) >= 11 is 0. The summed E-state index contributed by atoms with van der Waals surface area (Å²) in [5.41, 5.74) is 2.07. The first-order valence-electron chi connectivity index (χ1n) is 9.16. The van der Waals surface area contributed by atoms with E-state index < -0.39 is 26.0 Å². The highest BCUT2D eigenvalue weighted by atomic mass is 32.3. The second kappa shape index (κ2) is 9.13. The van der Waals surface area contributed by atoms with Crippen molar-refractivity contribution in [1.82, 2.24) is 14.1 Å². The predicted octanol–water partition coefficient (Wildman–Crippen LogP) is 1.70. The van der Waals surface area contributed by atoms with Gasteiger partial charge in [0.2, 0.25) is 5.91 Å². The second-order valence-corrected chi connectivity index (χ2v) is 10.2. The number of rotatable bonds is 10. The van der Waals surface area contributed by atoms with Crippen LogP contribution in [0, 0.1) is 0 Å². The Morgan fingerprint density at radius 3 is 1.85 bits per heavy atom. The SMILES string of the molecule is CCCCN(CCCC)CCC(=O)NN1S(=O)(=O)c2ccccc2S1(=O)=O. The first kappa shape index (κ1) is 21.8. The number of hydrogen-bond acceptors (Lipinski definition) is 6. The fraction of sp³-hybridized carbons (Fsp3) is 0.588. The number of unbranched alkanes of at least 4 members (excludes halogenated alkanes) is 2. The standard InChI is InChI=1S/C17H27N3O5S2/c1-3-5-12-19(13-6-4-2)14-11-17(21)18-20-26(22,23)15-9-7-8-10-16(15)27(20,24)25/h7-10H,3-6,11-14H2,1-2H3,(H,18,21). The van der Waals surface area contributed by atoms with Gasteiger partial charge in [0.15, 0.2) is 0 Å². The van der Waals surface area contributed by atoms with Crippen LogP contribution in [0.4, 0.5) is 0 Å². The zero-order valence-electron chi connectivity index (χ0n) is 15.7. The molecule has 1 amide bonds. The molecule has 0 radical (unpaired) electrons. The summed E-state index contributed by atoms with van der Waals surface area (Å²) in [5, 5.41) is 0. The average molecular weight is 418 g/mol. The van der Waals surface area contributed by atoms with Gasteiger partial charge in [-0.15, -0.1) is 0 Å². The lowest BCUT2D eigenvalue weighted by Crippen LogP contribution is -2.46. The van der Waals surface area contributed by atoms with Gasteiger partial charge < -0.3 is 4.90 Å². The molecule has 1 N–H and O–H groups in total. The Morgan fingerprint density at radius 1 is 0.926 bits per heavy atom. The van der Waals surface area contributed by atoms with Gasteiger partial charge in [-0.05, 0) is 38.1 Å². The molecule has 152 valence electrons. The number of nitrogens with zero attached hydrogens (tertiary/aromatic N) is 2. The lowest BCUT2D eigenvalue weighted by molar-refractivity contribution is -0.123. The van der Waals surface area contributed by atoms with Crippen LogP contribution in [0.5, 0.6) is 0 Å². The van der Waals surface area contributed by atoms with Gasteiger partial charge in [-0.25, -0.2) is 16.8 Å². The number of fused-ring (bicyclic) bond motifs is 1. The minimum absolute atomic E-state index is 0.0192. The number of benzene rings is 1. The average Bonchev–Trinajstić information content (AvgIpc) is 2.79. The predicted molar refractivity (Wildman–Crippen MR) is 102 cm³/mol. The summed E-state index contributed by atoms with van der Waals surface area (Å²) in [7, 11) is -8.63. The van der Waals surface area contributed by atoms with Crippen LogP contribution in [0.2, 0.25) is 0 Å². The van der Waals surface area contributed by atoms with Crippen molar-refractivity contribution in [2.24, 2.45) is 0 Å². The van der Waals surface area contributed by atoms with E-state index in [1.54, 1.807) is 0 Å². The van der Waals surface area contributed by atoms with Gasteiger partial charge in [0.25, 0.3) is 20.0 Å². The molecule has 0 saturated heterocycles. The number of amides is 1. The summed E-state index contributed by atoms with van der Waals surface area (Å²) in [6.07, 6.45) is 4.12. The van der Waals surface area contributed by atoms with Crippen LogP contribution >= 0.6 is 0 Å². The monoisotopic (exact) mass is 417 g/mol. The number of hydrogen-bond donors (Lipinski definition) is 1. The molecule has 27 heavy (non-hydrogen) atoms. The third-order valence-electron chi connectivity index (χ3n) is 4.37. The van der Waals surface area contributed by atoms with E-state index in [-0.39, 0.29) is 20.0 Å². The van der Waals surface area contributed by atoms with Crippen molar-refractivity contribution in [2.75, 3.05) is 19.6 Å². The van der Waals surface area contributed by atoms with Crippen molar-refractivity contribution in [2.45, 2.75) is 55.7 Å². The summed E-state index contributed by atoms with van der Waals surface area (Å²) < 4.78 is 50.0. The topological polar surface area (TPSA) is 104 Å². The van der Waals surface area contributed by atoms with Crippen molar-refractivity contribution in [3.05, 3.63) is 24.3 Å². The number of sulfonamides is 2. The Hall–Kier alpha value is -1.49. The molecule has 1 aromatic rings. The van der Waals surface area contributed by atoms with E-state index in [1.807, 2.05) is 0 Å². The first-order chi connectivity index (χ1) is 12.7. The second-order valence-electron chi connectivity index (χ2n) is 6.49. The number of carbonyl (C=O) groups excluding carboxylic acids is 1. The largest absolute Gasteiger partial charge is 0.303 e. The Balaban J connectivity index is 2.05. The molecule has 0 bridgehead atoms. The lowest BCUT2D eigenvalue weighted by Gasteiger charge is -2.22. The van der Waals surface area contributed by atoms with Gasteiger partial charge in [0, 0.05) is 16.8 Å². The first-order valence-corrected chi connectivity index (χ1v) is 12.0. The van der Waals surface area contributed by atoms with Crippen molar-refractivity contribution < 1.29 is 21.6 Å². The zero-order valence-corrected chi connectivity index (χ0v) is 17.4. The van der Waals surface area contributed by atoms with Crippen LogP contribution in [0.15, 0.2) is 34.1 Å². The third-order valence-corrected chi connectivity index (χ3v) is 8.55. The molecule has 2 rings (SSSR count). The van der Waals surface area contributed by atoms with Gasteiger partial charge in [-0.1, -0.05) is 38.8 Å². The molecule has 0 aromatic heterocycles. The van der Waals surface area contributed by atoms with Gasteiger partial charge in [0.05, 0.1) is 0 Å². The zero-order chi connectivity index (χ0) is 20.1. The van der Waals surface area contributed by atoms with Crippen molar-refractivity contribution >= 4 is 26.0 Å². The Labute approximate surface area is 161 Å². The molecule has 1 aromatic carbocycles. The molecule has 0 saturated carbocycles. The molecular formula is C17H27N3O5S2. The smallest absolute Gasteiger partial charge is 0.275 e. The molecular weight excluding hydrogens is 390 g/mol. The van der Waals surface area contributed by atoms with Gasteiger partial charge in [-0.2, -0.15) is 0 Å². The number of hydrazine groups is 1. The molecule has 1 heterocycles. The van der Waals surface area contributed by atoms with E-state index in [2.05, 4.69) is 24.2 Å². The molecule has 0 atom stereocenters. The van der Waals surface area contributed by atoms with E-state index in [0.29, 0.717) is 6.54 Å². The van der Waals surface area contributed by atoms with Gasteiger partial charge in [-0.3, -0.25) is 10.2 Å². The number of nitrogens with one attached hydrogen (secondary N) is 1. The summed E-state index contributed by atoms with van der Waals surface area (Å²) in [4.78, 5) is 13.8. The molecule has 0 spiro atoms. The normalized spacial score (nSPS) is 17.7. The maximum Gasteiger partial charge on any atom is 0.275 e. The van der Waals surface area contributed by atoms with E-state index in [9.17, 15) is 21.6 Å². The van der Waals surface area contributed by atoms with Gasteiger partial charge in [0.1, 0.15) is 9.79 Å². The lowest BCUT2D eigenvalue weighted by atomic mass is 10.2. The molecule has 0 fully saturated rings. The highest BCUT2D eigenvalue weighted by Crippen LogP contribution is 2.34. The van der Waals surface area contributed by atoms with Crippen LogP contribution in [-0.2, 0) is 24.8 Å². The maximum absolute atomic E-state index is 12.5. The fourth-order valence-electron chi connectivity index (χ4n) is 2.82. The van der Waals surface area contributed by atoms with E-state index in [1.165, 1.54) is 24.3 Å². The van der Waals surface area contributed by atoms with Crippen LogP contribution in [-0.4, -0.2) is 51.1 Å². The Bertz CT molecular complexity index is 807. The molecule has 8 nitrogen and oxygen atoms in total. The van der Waals surface area contributed by atoms with E-state index in [4.69, 9.17) is 0 Å². The fourth-order valence-corrected chi connectivity index (χ4v) is 6.91. The van der Waals surface area contributed by atoms with Crippen molar-refractivity contribution in [3.8, 4) is 0 Å². The molecule has 10 heteroatoms. The minimum atomic E-state index is -4.32. The van der Waals surface area contributed by atoms with Crippen LogP contribution in [0.1, 0.15) is 46.0 Å². The van der Waals surface area contributed by atoms with Gasteiger partial charge >= 0.3 is 0 Å². The molecule has 1 aliphatic rings. The summed E-state index contributed by atoms with van der Waals surface area (Å²) in [5.74, 6) is -0.645. The molecule has 0 unspecified atom stereocenters. The van der Waals surface area contributed by atoms with Crippen LogP contribution in [0.3, 0.4) is 0 Å². The van der Waals surface area contributed by atoms with Crippen molar-refractivity contribution in [1.29, 1.82) is 0 Å². The van der Waals surface area contributed by atoms with Crippen molar-refractivity contribution in [3.63, 3.8) is 0 Å². The molecule has 0 aliphatic carbocycles. The minimum Gasteiger partial charge on any atom is -0.303 e. The number of carbonyl (C=O) groups is 1. The highest BCUT2D eigenvalue weighted by molar-refractivity contribution is 8.06. The quantitative estimate of drug-likeness (QED) is 0.621. The Morgan fingerprint density at radius 2 is 1.41 bits per heavy atom. The maximum atomic E-state index is 12.5. The summed E-state index contributed by atoms with van der Waals surface area (Å²) in [6, 6.07) is 5.31. The molecule has 1 aliphatic heterocycles. The van der Waals surface area contributed by atoms with Crippen LogP contribution in [0.25, 0.3) is 0 Å². The van der Waals surface area contributed by atoms with E-state index in [0.717, 1.165) is 38.8 Å². The highest BCUT2D eigenvalue weighted by Gasteiger charge is 2.48.